The van der Waals surface area contributed by atoms with E-state index in [4.69, 9.17) is 20.7 Å². The number of anilines is 1. The number of aryl methyl sites for hydroxylation is 1. The number of hydrogen-bond donors (Lipinski definition) is 1. The fraction of sp³-hybridized carbons (Fsp3) is 0.353. The molecule has 2 heterocycles. The van der Waals surface area contributed by atoms with Gasteiger partial charge in [-0.1, -0.05) is 23.3 Å². The van der Waals surface area contributed by atoms with Crippen LogP contribution in [0.3, 0.4) is 0 Å². The van der Waals surface area contributed by atoms with Crippen LogP contribution in [0.5, 0.6) is 0 Å². The minimum Gasteiger partial charge on any atom is -0.459 e. The molecule has 1 aliphatic heterocycles. The van der Waals surface area contributed by atoms with E-state index in [1.807, 2.05) is 0 Å². The topological polar surface area (TPSA) is 145 Å². The lowest BCUT2D eigenvalue weighted by molar-refractivity contribution is -0.0362. The Morgan fingerprint density at radius 1 is 1.48 bits per heavy atom. The Kier molecular flexibility index (Phi) is 5.39. The maximum absolute atomic E-state index is 12.1. The van der Waals surface area contributed by atoms with Crippen LogP contribution in [0.2, 0.25) is 0 Å². The lowest BCUT2D eigenvalue weighted by Gasteiger charge is -2.17. The van der Waals surface area contributed by atoms with Gasteiger partial charge in [-0.05, 0) is 24.6 Å². The highest BCUT2D eigenvalue weighted by Crippen LogP contribution is 2.30. The van der Waals surface area contributed by atoms with Crippen LogP contribution in [0, 0.1) is 6.92 Å². The van der Waals surface area contributed by atoms with Gasteiger partial charge in [-0.15, -0.1) is 0 Å². The van der Waals surface area contributed by atoms with Crippen LogP contribution in [0.1, 0.15) is 28.6 Å². The number of nitrogens with two attached hydrogens (primary N) is 1. The molecule has 3 atom stereocenters. The summed E-state index contributed by atoms with van der Waals surface area (Å²) in [7, 11) is 0. The summed E-state index contributed by atoms with van der Waals surface area (Å²) in [5.41, 5.74) is 14.9. The largest absolute Gasteiger partial charge is 0.459 e. The summed E-state index contributed by atoms with van der Waals surface area (Å²) < 4.78 is 12.4. The van der Waals surface area contributed by atoms with E-state index in [-0.39, 0.29) is 18.8 Å². The molecule has 10 nitrogen and oxygen atoms in total. The van der Waals surface area contributed by atoms with Crippen LogP contribution in [0.15, 0.2) is 46.4 Å². The summed E-state index contributed by atoms with van der Waals surface area (Å²) >= 11 is 0. The Labute approximate surface area is 154 Å². The fourth-order valence-electron chi connectivity index (χ4n) is 2.82. The average Bonchev–Trinajstić information content (AvgIpc) is 3.06. The SMILES string of the molecule is Cc1cn(C2CC(N=[N+]=[N-])C(COC(=O)c3ccccc3)O2)c(=O)nc1N. The first kappa shape index (κ1) is 18.4. The third-order valence-electron chi connectivity index (χ3n) is 4.28. The van der Waals surface area contributed by atoms with Gasteiger partial charge in [0.05, 0.1) is 11.6 Å². The number of nitrogens with zero attached hydrogens (tertiary/aromatic N) is 5. The van der Waals surface area contributed by atoms with Gasteiger partial charge in [0.25, 0.3) is 0 Å². The molecule has 0 bridgehead atoms. The number of carbonyl (C=O) groups excluding carboxylic acids is 1. The van der Waals surface area contributed by atoms with Crippen molar-refractivity contribution in [3.05, 3.63) is 68.6 Å². The fourth-order valence-corrected chi connectivity index (χ4v) is 2.82. The van der Waals surface area contributed by atoms with Gasteiger partial charge >= 0.3 is 11.7 Å². The number of nitrogen functional groups attached to an aromatic ring is 1. The molecule has 1 saturated heterocycles. The molecule has 0 amide bonds. The highest BCUT2D eigenvalue weighted by Gasteiger charge is 2.37. The van der Waals surface area contributed by atoms with Crippen LogP contribution < -0.4 is 11.4 Å². The van der Waals surface area contributed by atoms with E-state index in [1.165, 1.54) is 4.57 Å². The van der Waals surface area contributed by atoms with Gasteiger partial charge < -0.3 is 15.2 Å². The van der Waals surface area contributed by atoms with E-state index in [0.717, 1.165) is 0 Å². The van der Waals surface area contributed by atoms with Gasteiger partial charge in [0, 0.05) is 23.1 Å². The van der Waals surface area contributed by atoms with Crippen molar-refractivity contribution in [1.29, 1.82) is 0 Å². The van der Waals surface area contributed by atoms with E-state index in [2.05, 4.69) is 15.0 Å². The molecule has 27 heavy (non-hydrogen) atoms. The average molecular weight is 370 g/mol. The van der Waals surface area contributed by atoms with Crippen LogP contribution in [0.25, 0.3) is 10.4 Å². The number of carbonyl (C=O) groups is 1. The lowest BCUT2D eigenvalue weighted by Crippen LogP contribution is -2.29. The van der Waals surface area contributed by atoms with E-state index in [9.17, 15) is 9.59 Å². The molecular weight excluding hydrogens is 352 g/mol. The first-order chi connectivity index (χ1) is 13.0. The van der Waals surface area contributed by atoms with Crippen molar-refractivity contribution in [1.82, 2.24) is 9.55 Å². The minimum absolute atomic E-state index is 0.107. The quantitative estimate of drug-likeness (QED) is 0.368. The molecule has 2 N–H and O–H groups in total. The Morgan fingerprint density at radius 2 is 2.22 bits per heavy atom. The van der Waals surface area contributed by atoms with Crippen molar-refractivity contribution in [2.75, 3.05) is 12.3 Å². The molecule has 1 aromatic heterocycles. The van der Waals surface area contributed by atoms with E-state index in [1.54, 1.807) is 43.5 Å². The second-order valence-corrected chi connectivity index (χ2v) is 6.10. The van der Waals surface area contributed by atoms with Crippen molar-refractivity contribution in [3.63, 3.8) is 0 Å². The molecule has 10 heteroatoms. The second-order valence-electron chi connectivity index (χ2n) is 6.10. The van der Waals surface area contributed by atoms with Crippen molar-refractivity contribution < 1.29 is 14.3 Å². The molecule has 0 saturated carbocycles. The summed E-state index contributed by atoms with van der Waals surface area (Å²) in [4.78, 5) is 30.8. The molecule has 1 aromatic carbocycles. The number of esters is 1. The Hall–Kier alpha value is -3.36. The van der Waals surface area contributed by atoms with Crippen molar-refractivity contribution in [2.24, 2.45) is 5.11 Å². The molecule has 3 unspecified atom stereocenters. The smallest absolute Gasteiger partial charge is 0.351 e. The van der Waals surface area contributed by atoms with E-state index < -0.39 is 30.0 Å². The minimum atomic E-state index is -0.694. The highest BCUT2D eigenvalue weighted by atomic mass is 16.6. The first-order valence-electron chi connectivity index (χ1n) is 8.26. The van der Waals surface area contributed by atoms with Gasteiger partial charge in [0.2, 0.25) is 0 Å². The summed E-state index contributed by atoms with van der Waals surface area (Å²) in [6.45, 7) is 1.61. The van der Waals surface area contributed by atoms with Crippen molar-refractivity contribution in [2.45, 2.75) is 31.7 Å². The lowest BCUT2D eigenvalue weighted by atomic mass is 10.1. The van der Waals surface area contributed by atoms with Crippen LogP contribution in [-0.2, 0) is 9.47 Å². The third-order valence-corrected chi connectivity index (χ3v) is 4.28. The molecule has 0 aliphatic carbocycles. The predicted molar refractivity (Wildman–Crippen MR) is 95.8 cm³/mol. The Bertz CT molecular complexity index is 938. The second kappa shape index (κ2) is 7.90. The van der Waals surface area contributed by atoms with Crippen molar-refractivity contribution in [3.8, 4) is 0 Å². The van der Waals surface area contributed by atoms with Gasteiger partial charge in [-0.3, -0.25) is 4.57 Å². The first-order valence-corrected chi connectivity index (χ1v) is 8.26. The van der Waals surface area contributed by atoms with Crippen LogP contribution >= 0.6 is 0 Å². The molecule has 1 fully saturated rings. The Morgan fingerprint density at radius 3 is 2.93 bits per heavy atom. The van der Waals surface area contributed by atoms with E-state index >= 15 is 0 Å². The number of aromatic nitrogens is 2. The van der Waals surface area contributed by atoms with Gasteiger partial charge in [0.15, 0.2) is 0 Å². The van der Waals surface area contributed by atoms with Crippen molar-refractivity contribution >= 4 is 11.8 Å². The number of ether oxygens (including phenoxy) is 2. The summed E-state index contributed by atoms with van der Waals surface area (Å²) in [5.74, 6) is -0.362. The summed E-state index contributed by atoms with van der Waals surface area (Å²) in [6, 6.07) is 7.92. The number of rotatable bonds is 5. The molecule has 2 aromatic rings. The highest BCUT2D eigenvalue weighted by molar-refractivity contribution is 5.89. The van der Waals surface area contributed by atoms with Gasteiger partial charge in [-0.2, -0.15) is 4.98 Å². The maximum atomic E-state index is 12.1. The molecule has 3 rings (SSSR count). The number of benzene rings is 1. The zero-order valence-electron chi connectivity index (χ0n) is 14.6. The molecule has 0 radical (unpaired) electrons. The Balaban J connectivity index is 1.74. The monoisotopic (exact) mass is 370 g/mol. The number of hydrogen-bond acceptors (Lipinski definition) is 7. The third kappa shape index (κ3) is 4.08. The van der Waals surface area contributed by atoms with Crippen LogP contribution in [-0.4, -0.2) is 34.3 Å². The standard InChI is InChI=1S/C17H18N6O4/c1-10-8-23(17(25)20-15(10)18)14-7-12(21-22-19)13(27-14)9-26-16(24)11-5-3-2-4-6-11/h2-6,8,12-14H,7,9H2,1H3,(H2,18,20,25). The molecule has 140 valence electrons. The normalized spacial score (nSPS) is 21.4. The molecular formula is C17H18N6O4. The zero-order valence-corrected chi connectivity index (χ0v) is 14.6. The van der Waals surface area contributed by atoms with Gasteiger partial charge in [-0.25, -0.2) is 9.59 Å². The maximum Gasteiger partial charge on any atom is 0.351 e. The summed E-state index contributed by atoms with van der Waals surface area (Å²) in [6.07, 6.45) is 0.423. The molecule has 0 spiro atoms. The molecule has 1 aliphatic rings. The van der Waals surface area contributed by atoms with Gasteiger partial charge in [0.1, 0.15) is 24.8 Å². The zero-order chi connectivity index (χ0) is 19.4. The predicted octanol–water partition coefficient (Wildman–Crippen LogP) is 1.96. The number of azide groups is 1. The van der Waals surface area contributed by atoms with Crippen LogP contribution in [0.4, 0.5) is 5.82 Å². The van der Waals surface area contributed by atoms with E-state index in [0.29, 0.717) is 11.1 Å². The summed E-state index contributed by atoms with van der Waals surface area (Å²) in [5, 5.41) is 3.70.